The average molecular weight is 280 g/mol. The molecule has 2 aliphatic rings. The number of rotatable bonds is 3. The Morgan fingerprint density at radius 1 is 1.20 bits per heavy atom. The minimum Gasteiger partial charge on any atom is -0.379 e. The Bertz CT molecular complexity index is 462. The molecule has 0 N–H and O–H groups in total. The number of hydrogen-bond donors (Lipinski definition) is 0. The van der Waals surface area contributed by atoms with E-state index in [1.807, 2.05) is 0 Å². The maximum absolute atomic E-state index is 10.7. The Balaban J connectivity index is 1.56. The summed E-state index contributed by atoms with van der Waals surface area (Å²) in [6.45, 7) is 3.74. The molecular formula is C13H20N4O3. The maximum atomic E-state index is 10.7. The van der Waals surface area contributed by atoms with Crippen LogP contribution in [0.1, 0.15) is 31.7 Å². The van der Waals surface area contributed by atoms with Crippen LogP contribution < -0.4 is 0 Å². The van der Waals surface area contributed by atoms with Crippen molar-refractivity contribution in [2.75, 3.05) is 26.3 Å². The van der Waals surface area contributed by atoms with Crippen LogP contribution in [0, 0.1) is 10.1 Å². The number of aromatic nitrogens is 2. The van der Waals surface area contributed by atoms with Gasteiger partial charge in [-0.25, -0.2) is 0 Å². The van der Waals surface area contributed by atoms with Gasteiger partial charge in [0.15, 0.2) is 0 Å². The monoisotopic (exact) mass is 280 g/mol. The smallest absolute Gasteiger partial charge is 0.307 e. The second-order valence-corrected chi connectivity index (χ2v) is 5.55. The van der Waals surface area contributed by atoms with Crippen molar-refractivity contribution in [3.05, 3.63) is 22.5 Å². The Labute approximate surface area is 117 Å². The molecule has 0 amide bonds. The molecule has 7 nitrogen and oxygen atoms in total. The van der Waals surface area contributed by atoms with Gasteiger partial charge in [0, 0.05) is 19.1 Å². The standard InChI is InChI=1S/C13H20N4O3/c18-17(19)13-9-14-16(10-13)12-3-1-11(2-4-12)15-5-7-20-8-6-15/h9-12H,1-8H2. The largest absolute Gasteiger partial charge is 0.379 e. The first-order valence-corrected chi connectivity index (χ1v) is 7.24. The fourth-order valence-electron chi connectivity index (χ4n) is 3.25. The molecule has 7 heteroatoms. The fraction of sp³-hybridized carbons (Fsp3) is 0.769. The summed E-state index contributed by atoms with van der Waals surface area (Å²) in [5, 5.41) is 14.8. The quantitative estimate of drug-likeness (QED) is 0.621. The van der Waals surface area contributed by atoms with E-state index < -0.39 is 0 Å². The van der Waals surface area contributed by atoms with Crippen LogP contribution in [-0.4, -0.2) is 51.9 Å². The van der Waals surface area contributed by atoms with Crippen LogP contribution in [0.5, 0.6) is 0 Å². The van der Waals surface area contributed by atoms with Crippen LogP contribution in [0.2, 0.25) is 0 Å². The second-order valence-electron chi connectivity index (χ2n) is 5.55. The van der Waals surface area contributed by atoms with Gasteiger partial charge in [-0.3, -0.25) is 19.7 Å². The highest BCUT2D eigenvalue weighted by molar-refractivity contribution is 5.21. The van der Waals surface area contributed by atoms with Gasteiger partial charge in [0.05, 0.1) is 24.2 Å². The van der Waals surface area contributed by atoms with Gasteiger partial charge in [0.25, 0.3) is 0 Å². The molecule has 3 rings (SSSR count). The van der Waals surface area contributed by atoms with Crippen LogP contribution in [0.3, 0.4) is 0 Å². The summed E-state index contributed by atoms with van der Waals surface area (Å²) in [6.07, 6.45) is 7.26. The molecule has 1 aliphatic heterocycles. The zero-order chi connectivity index (χ0) is 13.9. The second kappa shape index (κ2) is 5.88. The van der Waals surface area contributed by atoms with E-state index in [9.17, 15) is 10.1 Å². The third kappa shape index (κ3) is 2.83. The first-order chi connectivity index (χ1) is 9.74. The van der Waals surface area contributed by atoms with Gasteiger partial charge in [-0.05, 0) is 25.7 Å². The number of nitrogens with zero attached hydrogens (tertiary/aromatic N) is 4. The van der Waals surface area contributed by atoms with Crippen molar-refractivity contribution in [2.45, 2.75) is 37.8 Å². The molecule has 1 aromatic heterocycles. The van der Waals surface area contributed by atoms with Gasteiger partial charge in [-0.2, -0.15) is 5.10 Å². The van der Waals surface area contributed by atoms with Gasteiger partial charge in [-0.1, -0.05) is 0 Å². The summed E-state index contributed by atoms with van der Waals surface area (Å²) in [4.78, 5) is 12.8. The average Bonchev–Trinajstić information content (AvgIpc) is 2.98. The molecule has 1 saturated carbocycles. The van der Waals surface area contributed by atoms with Gasteiger partial charge in [-0.15, -0.1) is 0 Å². The molecule has 0 spiro atoms. The molecule has 0 aromatic carbocycles. The lowest BCUT2D eigenvalue weighted by atomic mass is 9.90. The predicted octanol–water partition coefficient (Wildman–Crippen LogP) is 1.61. The van der Waals surface area contributed by atoms with E-state index in [4.69, 9.17) is 4.74 Å². The highest BCUT2D eigenvalue weighted by atomic mass is 16.6. The molecule has 1 aromatic rings. The molecule has 20 heavy (non-hydrogen) atoms. The van der Waals surface area contributed by atoms with E-state index in [1.165, 1.54) is 6.20 Å². The number of ether oxygens (including phenoxy) is 1. The van der Waals surface area contributed by atoms with Gasteiger partial charge < -0.3 is 4.74 Å². The van der Waals surface area contributed by atoms with E-state index in [0.717, 1.165) is 52.0 Å². The molecule has 0 bridgehead atoms. The summed E-state index contributed by atoms with van der Waals surface area (Å²) >= 11 is 0. The van der Waals surface area contributed by atoms with E-state index in [-0.39, 0.29) is 10.6 Å². The first kappa shape index (κ1) is 13.5. The third-order valence-electron chi connectivity index (χ3n) is 4.40. The van der Waals surface area contributed by atoms with Gasteiger partial charge in [0.1, 0.15) is 12.4 Å². The predicted molar refractivity (Wildman–Crippen MR) is 72.6 cm³/mol. The minimum absolute atomic E-state index is 0.0836. The zero-order valence-corrected chi connectivity index (χ0v) is 11.5. The molecule has 0 radical (unpaired) electrons. The molecule has 0 unspecified atom stereocenters. The Kier molecular flexibility index (Phi) is 3.98. The molecule has 2 fully saturated rings. The summed E-state index contributed by atoms with van der Waals surface area (Å²) in [5.41, 5.74) is 0.0836. The highest BCUT2D eigenvalue weighted by Crippen LogP contribution is 2.31. The number of morpholine rings is 1. The minimum atomic E-state index is -0.386. The maximum Gasteiger partial charge on any atom is 0.307 e. The van der Waals surface area contributed by atoms with Gasteiger partial charge >= 0.3 is 5.69 Å². The fourth-order valence-corrected chi connectivity index (χ4v) is 3.25. The summed E-state index contributed by atoms with van der Waals surface area (Å²) in [7, 11) is 0. The molecule has 0 atom stereocenters. The van der Waals surface area contributed by atoms with Crippen molar-refractivity contribution in [1.29, 1.82) is 0 Å². The SMILES string of the molecule is O=[N+]([O-])c1cnn(C2CCC(N3CCOCC3)CC2)c1. The van der Waals surface area contributed by atoms with E-state index in [0.29, 0.717) is 12.1 Å². The van der Waals surface area contributed by atoms with Crippen LogP contribution in [-0.2, 0) is 4.74 Å². The van der Waals surface area contributed by atoms with Crippen molar-refractivity contribution in [3.8, 4) is 0 Å². The molecule has 1 saturated heterocycles. The molecule has 1 aliphatic carbocycles. The van der Waals surface area contributed by atoms with Crippen molar-refractivity contribution in [1.82, 2.24) is 14.7 Å². The third-order valence-corrected chi connectivity index (χ3v) is 4.40. The molecular weight excluding hydrogens is 260 g/mol. The Hall–Kier alpha value is -1.47. The van der Waals surface area contributed by atoms with E-state index in [2.05, 4.69) is 10.00 Å². The van der Waals surface area contributed by atoms with Crippen molar-refractivity contribution < 1.29 is 9.66 Å². The molecule has 110 valence electrons. The topological polar surface area (TPSA) is 73.4 Å². The first-order valence-electron chi connectivity index (χ1n) is 7.24. The summed E-state index contributed by atoms with van der Waals surface area (Å²) in [5.74, 6) is 0. The lowest BCUT2D eigenvalue weighted by Crippen LogP contribution is -2.45. The number of hydrogen-bond acceptors (Lipinski definition) is 5. The van der Waals surface area contributed by atoms with Crippen LogP contribution in [0.15, 0.2) is 12.4 Å². The Morgan fingerprint density at radius 3 is 2.45 bits per heavy atom. The van der Waals surface area contributed by atoms with E-state index in [1.54, 1.807) is 10.9 Å². The Morgan fingerprint density at radius 2 is 1.85 bits per heavy atom. The zero-order valence-electron chi connectivity index (χ0n) is 11.5. The van der Waals surface area contributed by atoms with Crippen molar-refractivity contribution >= 4 is 5.69 Å². The highest BCUT2D eigenvalue weighted by Gasteiger charge is 2.28. The molecule has 2 heterocycles. The van der Waals surface area contributed by atoms with Crippen molar-refractivity contribution in [2.24, 2.45) is 0 Å². The van der Waals surface area contributed by atoms with Crippen LogP contribution >= 0.6 is 0 Å². The van der Waals surface area contributed by atoms with E-state index >= 15 is 0 Å². The van der Waals surface area contributed by atoms with Crippen LogP contribution in [0.25, 0.3) is 0 Å². The number of nitro groups is 1. The normalized spacial score (nSPS) is 28.4. The lowest BCUT2D eigenvalue weighted by Gasteiger charge is -2.38. The lowest BCUT2D eigenvalue weighted by molar-refractivity contribution is -0.385. The van der Waals surface area contributed by atoms with Crippen molar-refractivity contribution in [3.63, 3.8) is 0 Å². The van der Waals surface area contributed by atoms with Gasteiger partial charge in [0.2, 0.25) is 0 Å². The van der Waals surface area contributed by atoms with Crippen LogP contribution in [0.4, 0.5) is 5.69 Å². The summed E-state index contributed by atoms with van der Waals surface area (Å²) < 4.78 is 7.16. The summed E-state index contributed by atoms with van der Waals surface area (Å²) in [6, 6.07) is 0.946.